The zero-order valence-electron chi connectivity index (χ0n) is 15.7. The molecule has 0 aromatic heterocycles. The van der Waals surface area contributed by atoms with Gasteiger partial charge in [0, 0.05) is 0 Å². The largest absolute Gasteiger partial charge is 0.491 e. The molecule has 4 heteroatoms. The summed E-state index contributed by atoms with van der Waals surface area (Å²) in [4.78, 5) is 12.2. The second-order valence-electron chi connectivity index (χ2n) is 6.37. The Labute approximate surface area is 150 Å². The van der Waals surface area contributed by atoms with E-state index in [1.54, 1.807) is 6.92 Å². The van der Waals surface area contributed by atoms with Crippen molar-refractivity contribution < 1.29 is 14.3 Å². The fourth-order valence-corrected chi connectivity index (χ4v) is 2.44. The molecule has 1 amide bonds. The summed E-state index contributed by atoms with van der Waals surface area (Å²) < 4.78 is 11.5. The predicted molar refractivity (Wildman–Crippen MR) is 100 cm³/mol. The lowest BCUT2D eigenvalue weighted by Gasteiger charge is -2.17. The molecule has 0 heterocycles. The van der Waals surface area contributed by atoms with Crippen LogP contribution in [-0.2, 0) is 4.79 Å². The second-order valence-corrected chi connectivity index (χ2v) is 6.37. The Morgan fingerprint density at radius 3 is 2.56 bits per heavy atom. The first-order valence-corrected chi connectivity index (χ1v) is 8.59. The van der Waals surface area contributed by atoms with Crippen LogP contribution in [0, 0.1) is 27.7 Å². The number of benzene rings is 2. The van der Waals surface area contributed by atoms with Crippen LogP contribution in [0.5, 0.6) is 11.5 Å². The molecule has 0 fully saturated rings. The first-order valence-electron chi connectivity index (χ1n) is 8.59. The maximum atomic E-state index is 12.2. The highest BCUT2D eigenvalue weighted by atomic mass is 16.5. The van der Waals surface area contributed by atoms with Gasteiger partial charge in [0.1, 0.15) is 18.1 Å². The van der Waals surface area contributed by atoms with Crippen molar-refractivity contribution >= 4 is 5.91 Å². The molecule has 1 N–H and O–H groups in total. The molecule has 0 bridgehead atoms. The van der Waals surface area contributed by atoms with E-state index in [0.29, 0.717) is 13.2 Å². The number of amides is 1. The van der Waals surface area contributed by atoms with Gasteiger partial charge in [-0.1, -0.05) is 24.3 Å². The molecule has 0 aliphatic rings. The van der Waals surface area contributed by atoms with Gasteiger partial charge in [-0.2, -0.15) is 0 Å². The average molecular weight is 341 g/mol. The van der Waals surface area contributed by atoms with Crippen molar-refractivity contribution in [3.63, 3.8) is 0 Å². The molecular formula is C21H27NO3. The van der Waals surface area contributed by atoms with Crippen LogP contribution < -0.4 is 14.8 Å². The third-order valence-electron chi connectivity index (χ3n) is 4.23. The van der Waals surface area contributed by atoms with Gasteiger partial charge in [-0.05, 0) is 69.0 Å². The molecule has 0 aliphatic heterocycles. The molecule has 0 aliphatic carbocycles. The number of rotatable bonds is 7. The molecule has 4 nitrogen and oxygen atoms in total. The van der Waals surface area contributed by atoms with E-state index in [1.807, 2.05) is 58.0 Å². The van der Waals surface area contributed by atoms with Gasteiger partial charge in [0.2, 0.25) is 0 Å². The average Bonchev–Trinajstić information content (AvgIpc) is 2.58. The minimum atomic E-state index is -0.554. The van der Waals surface area contributed by atoms with Crippen LogP contribution in [0.15, 0.2) is 36.4 Å². The Morgan fingerprint density at radius 2 is 1.80 bits per heavy atom. The molecule has 134 valence electrons. The molecular weight excluding hydrogens is 314 g/mol. The number of hydrogen-bond donors (Lipinski definition) is 1. The quantitative estimate of drug-likeness (QED) is 0.778. The lowest BCUT2D eigenvalue weighted by Crippen LogP contribution is -2.38. The Kier molecular flexibility index (Phi) is 6.45. The fraction of sp³-hybridized carbons (Fsp3) is 0.381. The van der Waals surface area contributed by atoms with E-state index in [2.05, 4.69) is 11.4 Å². The molecule has 0 spiro atoms. The predicted octanol–water partition coefficient (Wildman–Crippen LogP) is 3.88. The standard InChI is InChI=1S/C21H27NO3/c1-14-9-10-16(3)20(13-14)24-12-11-22-21(23)18(5)25-19-8-6-7-15(2)17(19)4/h6-10,13,18H,11-12H2,1-5H3,(H,22,23)/t18-/m1/s1. The molecule has 0 saturated carbocycles. The molecule has 25 heavy (non-hydrogen) atoms. The summed E-state index contributed by atoms with van der Waals surface area (Å²) in [6.45, 7) is 10.7. The van der Waals surface area contributed by atoms with Gasteiger partial charge in [-0.3, -0.25) is 4.79 Å². The molecule has 0 radical (unpaired) electrons. The van der Waals surface area contributed by atoms with Crippen molar-refractivity contribution in [1.29, 1.82) is 0 Å². The van der Waals surface area contributed by atoms with E-state index in [9.17, 15) is 4.79 Å². The lowest BCUT2D eigenvalue weighted by molar-refractivity contribution is -0.127. The van der Waals surface area contributed by atoms with Crippen molar-refractivity contribution in [2.75, 3.05) is 13.2 Å². The SMILES string of the molecule is Cc1ccc(C)c(OCCNC(=O)[C@@H](C)Oc2cccc(C)c2C)c1. The van der Waals surface area contributed by atoms with Crippen molar-refractivity contribution in [1.82, 2.24) is 5.32 Å². The smallest absolute Gasteiger partial charge is 0.260 e. The molecule has 0 saturated heterocycles. The summed E-state index contributed by atoms with van der Waals surface area (Å²) in [5.74, 6) is 1.45. The summed E-state index contributed by atoms with van der Waals surface area (Å²) in [5, 5.41) is 2.85. The van der Waals surface area contributed by atoms with Crippen LogP contribution in [0.1, 0.15) is 29.2 Å². The number of ether oxygens (including phenoxy) is 2. The fourth-order valence-electron chi connectivity index (χ4n) is 2.44. The molecule has 2 aromatic carbocycles. The normalized spacial score (nSPS) is 11.7. The third kappa shape index (κ3) is 5.24. The van der Waals surface area contributed by atoms with Gasteiger partial charge < -0.3 is 14.8 Å². The maximum absolute atomic E-state index is 12.2. The van der Waals surface area contributed by atoms with E-state index in [0.717, 1.165) is 33.8 Å². The summed E-state index contributed by atoms with van der Waals surface area (Å²) in [7, 11) is 0. The van der Waals surface area contributed by atoms with E-state index >= 15 is 0 Å². The topological polar surface area (TPSA) is 47.6 Å². The molecule has 0 unspecified atom stereocenters. The van der Waals surface area contributed by atoms with Gasteiger partial charge in [0.05, 0.1) is 6.54 Å². The monoisotopic (exact) mass is 341 g/mol. The minimum absolute atomic E-state index is 0.148. The molecule has 1 atom stereocenters. The van der Waals surface area contributed by atoms with E-state index < -0.39 is 6.10 Å². The number of carbonyl (C=O) groups excluding carboxylic acids is 1. The first-order chi connectivity index (χ1) is 11.9. The highest BCUT2D eigenvalue weighted by Gasteiger charge is 2.15. The first kappa shape index (κ1) is 18.8. The van der Waals surface area contributed by atoms with Crippen molar-refractivity contribution in [2.24, 2.45) is 0 Å². The maximum Gasteiger partial charge on any atom is 0.260 e. The summed E-state index contributed by atoms with van der Waals surface area (Å²) in [5.41, 5.74) is 4.44. The van der Waals surface area contributed by atoms with Crippen molar-refractivity contribution in [2.45, 2.75) is 40.7 Å². The number of hydrogen-bond acceptors (Lipinski definition) is 3. The Morgan fingerprint density at radius 1 is 1.04 bits per heavy atom. The van der Waals surface area contributed by atoms with Gasteiger partial charge in [0.15, 0.2) is 6.10 Å². The minimum Gasteiger partial charge on any atom is -0.491 e. The van der Waals surface area contributed by atoms with E-state index in [-0.39, 0.29) is 5.91 Å². The molecule has 2 aromatic rings. The summed E-state index contributed by atoms with van der Waals surface area (Å²) >= 11 is 0. The summed E-state index contributed by atoms with van der Waals surface area (Å²) in [6.07, 6.45) is -0.554. The number of aryl methyl sites for hydroxylation is 3. The van der Waals surface area contributed by atoms with Gasteiger partial charge >= 0.3 is 0 Å². The highest BCUT2D eigenvalue weighted by Crippen LogP contribution is 2.22. The Balaban J connectivity index is 1.79. The van der Waals surface area contributed by atoms with Crippen molar-refractivity contribution in [3.8, 4) is 11.5 Å². The molecule has 2 rings (SSSR count). The van der Waals surface area contributed by atoms with E-state index in [4.69, 9.17) is 9.47 Å². The zero-order valence-corrected chi connectivity index (χ0v) is 15.7. The number of nitrogens with one attached hydrogen (secondary N) is 1. The Hall–Kier alpha value is -2.49. The van der Waals surface area contributed by atoms with Crippen LogP contribution in [0.25, 0.3) is 0 Å². The highest BCUT2D eigenvalue weighted by molar-refractivity contribution is 5.80. The lowest BCUT2D eigenvalue weighted by atomic mass is 10.1. The van der Waals surface area contributed by atoms with Crippen LogP contribution in [0.4, 0.5) is 0 Å². The van der Waals surface area contributed by atoms with Gasteiger partial charge in [-0.25, -0.2) is 0 Å². The van der Waals surface area contributed by atoms with Crippen LogP contribution in [-0.4, -0.2) is 25.2 Å². The van der Waals surface area contributed by atoms with Crippen LogP contribution in [0.2, 0.25) is 0 Å². The van der Waals surface area contributed by atoms with Crippen LogP contribution in [0.3, 0.4) is 0 Å². The third-order valence-corrected chi connectivity index (χ3v) is 4.23. The van der Waals surface area contributed by atoms with Gasteiger partial charge in [0.25, 0.3) is 5.91 Å². The number of carbonyl (C=O) groups is 1. The van der Waals surface area contributed by atoms with E-state index in [1.165, 1.54) is 0 Å². The second kappa shape index (κ2) is 8.56. The van der Waals surface area contributed by atoms with Crippen molar-refractivity contribution in [3.05, 3.63) is 58.7 Å². The van der Waals surface area contributed by atoms with Gasteiger partial charge in [-0.15, -0.1) is 0 Å². The summed E-state index contributed by atoms with van der Waals surface area (Å²) in [6, 6.07) is 11.9. The van der Waals surface area contributed by atoms with Crippen LogP contribution >= 0.6 is 0 Å². The zero-order chi connectivity index (χ0) is 18.4. The Bertz CT molecular complexity index is 740.